The van der Waals surface area contributed by atoms with Gasteiger partial charge in [0, 0.05) is 5.69 Å². The molecule has 78 valence electrons. The van der Waals surface area contributed by atoms with Crippen LogP contribution in [0.25, 0.3) is 0 Å². The fraction of sp³-hybridized carbons (Fsp3) is 0.308. The van der Waals surface area contributed by atoms with E-state index in [4.69, 9.17) is 0 Å². The van der Waals surface area contributed by atoms with Gasteiger partial charge in [-0.25, -0.2) is 0 Å². The molecule has 1 aliphatic heterocycles. The molecule has 1 heterocycles. The molecule has 0 spiro atoms. The molecule has 0 aliphatic carbocycles. The lowest BCUT2D eigenvalue weighted by molar-refractivity contribution is -0.118. The molecule has 2 nitrogen and oxygen atoms in total. The lowest BCUT2D eigenvalue weighted by atomic mass is 9.81. The van der Waals surface area contributed by atoms with Gasteiger partial charge in [0.2, 0.25) is 5.91 Å². The third-order valence-corrected chi connectivity index (χ3v) is 3.13. The van der Waals surface area contributed by atoms with E-state index in [1.807, 2.05) is 26.8 Å². The van der Waals surface area contributed by atoms with E-state index in [0.29, 0.717) is 0 Å². The standard InChI is InChI=1S/C13H15NO/c1-5-13(4)11-9(3)6-8(2)7-10(11)14-12(13)15/h5-7H,1H2,2-4H3,(H,14,15). The minimum Gasteiger partial charge on any atom is -0.325 e. The van der Waals surface area contributed by atoms with Crippen LogP contribution in [-0.2, 0) is 10.2 Å². The quantitative estimate of drug-likeness (QED) is 0.695. The summed E-state index contributed by atoms with van der Waals surface area (Å²) < 4.78 is 0. The Hall–Kier alpha value is -1.57. The van der Waals surface area contributed by atoms with Crippen LogP contribution in [0.5, 0.6) is 0 Å². The molecule has 0 radical (unpaired) electrons. The average molecular weight is 201 g/mol. The zero-order chi connectivity index (χ0) is 11.2. The molecular weight excluding hydrogens is 186 g/mol. The minimum atomic E-state index is -0.576. The number of anilines is 1. The molecule has 0 saturated heterocycles. The van der Waals surface area contributed by atoms with Gasteiger partial charge in [-0.05, 0) is 43.5 Å². The maximum Gasteiger partial charge on any atom is 0.238 e. The Morgan fingerprint density at radius 3 is 2.67 bits per heavy atom. The van der Waals surface area contributed by atoms with E-state index < -0.39 is 5.41 Å². The van der Waals surface area contributed by atoms with Crippen LogP contribution in [0.4, 0.5) is 5.69 Å². The lowest BCUT2D eigenvalue weighted by Gasteiger charge is -2.18. The van der Waals surface area contributed by atoms with Gasteiger partial charge in [-0.15, -0.1) is 6.58 Å². The number of carbonyl (C=O) groups is 1. The molecule has 1 aromatic rings. The molecule has 1 unspecified atom stereocenters. The molecule has 0 fully saturated rings. The van der Waals surface area contributed by atoms with Crippen molar-refractivity contribution in [2.75, 3.05) is 5.32 Å². The Bertz CT molecular complexity index is 462. The molecule has 2 heteroatoms. The van der Waals surface area contributed by atoms with E-state index in [0.717, 1.165) is 16.8 Å². The number of amides is 1. The van der Waals surface area contributed by atoms with Crippen LogP contribution in [0, 0.1) is 13.8 Å². The van der Waals surface area contributed by atoms with Gasteiger partial charge in [0.15, 0.2) is 0 Å². The molecule has 1 amide bonds. The predicted molar refractivity (Wildman–Crippen MR) is 62.1 cm³/mol. The van der Waals surface area contributed by atoms with E-state index >= 15 is 0 Å². The molecule has 0 aromatic heterocycles. The summed E-state index contributed by atoms with van der Waals surface area (Å²) in [5, 5.41) is 2.91. The highest BCUT2D eigenvalue weighted by Crippen LogP contribution is 2.41. The van der Waals surface area contributed by atoms with Gasteiger partial charge in [-0.1, -0.05) is 12.1 Å². The second-order valence-corrected chi connectivity index (χ2v) is 4.36. The van der Waals surface area contributed by atoms with Gasteiger partial charge < -0.3 is 5.32 Å². The maximum absolute atomic E-state index is 11.9. The number of hydrogen-bond acceptors (Lipinski definition) is 1. The number of rotatable bonds is 1. The highest BCUT2D eigenvalue weighted by molar-refractivity contribution is 6.07. The first-order valence-corrected chi connectivity index (χ1v) is 5.06. The van der Waals surface area contributed by atoms with E-state index in [2.05, 4.69) is 18.0 Å². The summed E-state index contributed by atoms with van der Waals surface area (Å²) in [5.41, 5.74) is 3.73. The van der Waals surface area contributed by atoms with Gasteiger partial charge in [-0.2, -0.15) is 0 Å². The Kier molecular flexibility index (Phi) is 1.97. The zero-order valence-corrected chi connectivity index (χ0v) is 9.35. The molecule has 0 bridgehead atoms. The van der Waals surface area contributed by atoms with E-state index in [9.17, 15) is 4.79 Å². The smallest absolute Gasteiger partial charge is 0.238 e. The third kappa shape index (κ3) is 1.21. The monoisotopic (exact) mass is 201 g/mol. The summed E-state index contributed by atoms with van der Waals surface area (Å²) in [4.78, 5) is 11.9. The van der Waals surface area contributed by atoms with Gasteiger partial charge >= 0.3 is 0 Å². The number of nitrogens with one attached hydrogen (secondary N) is 1. The van der Waals surface area contributed by atoms with Crippen molar-refractivity contribution in [1.82, 2.24) is 0 Å². The van der Waals surface area contributed by atoms with Crippen molar-refractivity contribution >= 4 is 11.6 Å². The summed E-state index contributed by atoms with van der Waals surface area (Å²) >= 11 is 0. The molecule has 1 aromatic carbocycles. The molecule has 1 aliphatic rings. The molecule has 0 saturated carbocycles. The first kappa shape index (κ1) is 9.97. The summed E-state index contributed by atoms with van der Waals surface area (Å²) in [6.07, 6.45) is 1.72. The van der Waals surface area contributed by atoms with Gasteiger partial charge in [-0.3, -0.25) is 4.79 Å². The van der Waals surface area contributed by atoms with Gasteiger partial charge in [0.25, 0.3) is 0 Å². The normalized spacial score (nSPS) is 23.5. The number of carbonyl (C=O) groups excluding carboxylic acids is 1. The van der Waals surface area contributed by atoms with Crippen LogP contribution >= 0.6 is 0 Å². The highest BCUT2D eigenvalue weighted by Gasteiger charge is 2.41. The maximum atomic E-state index is 11.9. The summed E-state index contributed by atoms with van der Waals surface area (Å²) in [5.74, 6) is 0.0150. The summed E-state index contributed by atoms with van der Waals surface area (Å²) in [6, 6.07) is 4.11. The molecule has 15 heavy (non-hydrogen) atoms. The summed E-state index contributed by atoms with van der Waals surface area (Å²) in [7, 11) is 0. The Labute approximate surface area is 90.0 Å². The van der Waals surface area contributed by atoms with E-state index in [1.165, 1.54) is 5.56 Å². The second kappa shape index (κ2) is 2.96. The van der Waals surface area contributed by atoms with Crippen LogP contribution in [0.1, 0.15) is 23.6 Å². The largest absolute Gasteiger partial charge is 0.325 e. The fourth-order valence-electron chi connectivity index (χ4n) is 2.32. The van der Waals surface area contributed by atoms with Gasteiger partial charge in [0.05, 0.1) is 5.41 Å². The van der Waals surface area contributed by atoms with Crippen molar-refractivity contribution in [2.45, 2.75) is 26.2 Å². The van der Waals surface area contributed by atoms with Crippen molar-refractivity contribution in [3.05, 3.63) is 41.5 Å². The van der Waals surface area contributed by atoms with Crippen LogP contribution in [0.3, 0.4) is 0 Å². The third-order valence-electron chi connectivity index (χ3n) is 3.13. The lowest BCUT2D eigenvalue weighted by Crippen LogP contribution is -2.28. The number of fused-ring (bicyclic) bond motifs is 1. The second-order valence-electron chi connectivity index (χ2n) is 4.36. The zero-order valence-electron chi connectivity index (χ0n) is 9.35. The summed E-state index contributed by atoms with van der Waals surface area (Å²) in [6.45, 7) is 9.74. The van der Waals surface area contributed by atoms with Crippen molar-refractivity contribution in [1.29, 1.82) is 0 Å². The van der Waals surface area contributed by atoms with Crippen molar-refractivity contribution in [2.24, 2.45) is 0 Å². The van der Waals surface area contributed by atoms with Crippen LogP contribution in [0.2, 0.25) is 0 Å². The average Bonchev–Trinajstić information content (AvgIpc) is 2.39. The Morgan fingerprint density at radius 1 is 1.40 bits per heavy atom. The topological polar surface area (TPSA) is 29.1 Å². The fourth-order valence-corrected chi connectivity index (χ4v) is 2.32. The van der Waals surface area contributed by atoms with Crippen LogP contribution in [-0.4, -0.2) is 5.91 Å². The van der Waals surface area contributed by atoms with Crippen molar-refractivity contribution in [3.8, 4) is 0 Å². The predicted octanol–water partition coefficient (Wildman–Crippen LogP) is 2.70. The molecule has 1 N–H and O–H groups in total. The molecule has 2 rings (SSSR count). The molecule has 1 atom stereocenters. The molecular formula is C13H15NO. The van der Waals surface area contributed by atoms with Crippen LogP contribution < -0.4 is 5.32 Å². The van der Waals surface area contributed by atoms with E-state index in [1.54, 1.807) is 6.08 Å². The Balaban J connectivity index is 2.74. The van der Waals surface area contributed by atoms with E-state index in [-0.39, 0.29) is 5.91 Å². The van der Waals surface area contributed by atoms with Crippen molar-refractivity contribution in [3.63, 3.8) is 0 Å². The Morgan fingerprint density at radius 2 is 2.07 bits per heavy atom. The number of hydrogen-bond donors (Lipinski definition) is 1. The first-order chi connectivity index (χ1) is 6.99. The number of aryl methyl sites for hydroxylation is 2. The number of benzene rings is 1. The minimum absolute atomic E-state index is 0.0150. The first-order valence-electron chi connectivity index (χ1n) is 5.06. The van der Waals surface area contributed by atoms with Gasteiger partial charge in [0.1, 0.15) is 0 Å². The highest BCUT2D eigenvalue weighted by atomic mass is 16.2. The van der Waals surface area contributed by atoms with Crippen LogP contribution in [0.15, 0.2) is 24.8 Å². The van der Waals surface area contributed by atoms with Crippen molar-refractivity contribution < 1.29 is 4.79 Å². The SMILES string of the molecule is C=CC1(C)C(=O)Nc2cc(C)cc(C)c21.